The highest BCUT2D eigenvalue weighted by Crippen LogP contribution is 1.97. The number of carbonyl (C=O) groups excluding carboxylic acids is 2. The Morgan fingerprint density at radius 2 is 2.00 bits per heavy atom. The number of esters is 1. The molecule has 1 aliphatic rings. The van der Waals surface area contributed by atoms with E-state index in [1.54, 1.807) is 0 Å². The van der Waals surface area contributed by atoms with Crippen LogP contribution in [0.5, 0.6) is 0 Å². The molecule has 0 aromatic carbocycles. The molecule has 0 aliphatic carbocycles. The van der Waals surface area contributed by atoms with E-state index in [4.69, 9.17) is 9.47 Å². The normalized spacial score (nSPS) is 16.4. The third kappa shape index (κ3) is 7.12. The molecule has 0 radical (unpaired) electrons. The summed E-state index contributed by atoms with van der Waals surface area (Å²) in [5, 5.41) is 2.57. The summed E-state index contributed by atoms with van der Waals surface area (Å²) >= 11 is 0. The van der Waals surface area contributed by atoms with Gasteiger partial charge in [0.05, 0.1) is 19.8 Å². The summed E-state index contributed by atoms with van der Waals surface area (Å²) in [6, 6.07) is 0. The molecule has 0 atom stereocenters. The van der Waals surface area contributed by atoms with Gasteiger partial charge < -0.3 is 14.8 Å². The van der Waals surface area contributed by atoms with Crippen molar-refractivity contribution >= 4 is 11.9 Å². The van der Waals surface area contributed by atoms with Crippen molar-refractivity contribution in [2.24, 2.45) is 5.92 Å². The first kappa shape index (κ1) is 15.9. The number of amides is 1. The van der Waals surface area contributed by atoms with Crippen LogP contribution in [-0.4, -0.2) is 62.8 Å². The number of morpholine rings is 1. The molecule has 1 heterocycles. The molecule has 0 saturated carbocycles. The maximum Gasteiger partial charge on any atom is 0.396 e. The molecule has 0 aromatic rings. The molecule has 0 aromatic heterocycles. The first-order chi connectivity index (χ1) is 9.09. The molecule has 0 spiro atoms. The fourth-order valence-electron chi connectivity index (χ4n) is 1.71. The molecular formula is C13H24N2O4. The summed E-state index contributed by atoms with van der Waals surface area (Å²) in [5.74, 6) is -1.21. The highest BCUT2D eigenvalue weighted by molar-refractivity contribution is 6.32. The molecule has 0 bridgehead atoms. The summed E-state index contributed by atoms with van der Waals surface area (Å²) in [6.07, 6.45) is 0.823. The van der Waals surface area contributed by atoms with E-state index in [0.717, 1.165) is 39.3 Å². The van der Waals surface area contributed by atoms with Gasteiger partial charge in [-0.15, -0.1) is 0 Å². The minimum absolute atomic E-state index is 0.234. The lowest BCUT2D eigenvalue weighted by Crippen LogP contribution is -2.39. The Balaban J connectivity index is 2.04. The largest absolute Gasteiger partial charge is 0.458 e. The first-order valence-corrected chi connectivity index (χ1v) is 6.84. The molecule has 1 N–H and O–H groups in total. The molecule has 1 saturated heterocycles. The van der Waals surface area contributed by atoms with Gasteiger partial charge in [0.15, 0.2) is 0 Å². The predicted molar refractivity (Wildman–Crippen MR) is 70.7 cm³/mol. The monoisotopic (exact) mass is 272 g/mol. The standard InChI is InChI=1S/C13H24N2O4/c1-11(2)10-19-13(17)12(16)14-4-3-5-15-6-8-18-9-7-15/h11H,3-10H2,1-2H3,(H,14,16). The van der Waals surface area contributed by atoms with Gasteiger partial charge in [-0.1, -0.05) is 13.8 Å². The maximum atomic E-state index is 11.4. The third-order valence-electron chi connectivity index (χ3n) is 2.77. The van der Waals surface area contributed by atoms with Crippen molar-refractivity contribution in [2.45, 2.75) is 20.3 Å². The Labute approximate surface area is 114 Å². The number of carbonyl (C=O) groups is 2. The number of hydrogen-bond donors (Lipinski definition) is 1. The van der Waals surface area contributed by atoms with Gasteiger partial charge >= 0.3 is 11.9 Å². The molecule has 6 heteroatoms. The molecule has 1 amide bonds. The average Bonchev–Trinajstić information content (AvgIpc) is 2.41. The van der Waals surface area contributed by atoms with Crippen molar-refractivity contribution in [1.82, 2.24) is 10.2 Å². The SMILES string of the molecule is CC(C)COC(=O)C(=O)NCCCN1CCOCC1. The van der Waals surface area contributed by atoms with Gasteiger partial charge in [0.2, 0.25) is 0 Å². The van der Waals surface area contributed by atoms with E-state index >= 15 is 0 Å². The van der Waals surface area contributed by atoms with Crippen molar-refractivity contribution in [1.29, 1.82) is 0 Å². The topological polar surface area (TPSA) is 67.9 Å². The van der Waals surface area contributed by atoms with Gasteiger partial charge in [-0.05, 0) is 18.9 Å². The fraction of sp³-hybridized carbons (Fsp3) is 0.846. The van der Waals surface area contributed by atoms with E-state index in [-0.39, 0.29) is 12.5 Å². The smallest absolute Gasteiger partial charge is 0.396 e. The molecule has 1 fully saturated rings. The molecule has 0 unspecified atom stereocenters. The van der Waals surface area contributed by atoms with E-state index in [1.165, 1.54) is 0 Å². The summed E-state index contributed by atoms with van der Waals surface area (Å²) < 4.78 is 10.1. The Kier molecular flexibility index (Phi) is 7.43. The lowest BCUT2D eigenvalue weighted by atomic mass is 10.2. The average molecular weight is 272 g/mol. The number of nitrogens with zero attached hydrogens (tertiary/aromatic N) is 1. The molecule has 110 valence electrons. The van der Waals surface area contributed by atoms with Crippen LogP contribution in [0.1, 0.15) is 20.3 Å². The second-order valence-electron chi connectivity index (χ2n) is 5.06. The number of hydrogen-bond acceptors (Lipinski definition) is 5. The van der Waals surface area contributed by atoms with Crippen LogP contribution < -0.4 is 5.32 Å². The Bertz CT molecular complexity index is 288. The zero-order chi connectivity index (χ0) is 14.1. The van der Waals surface area contributed by atoms with Crippen molar-refractivity contribution in [3.05, 3.63) is 0 Å². The lowest BCUT2D eigenvalue weighted by molar-refractivity contribution is -0.155. The van der Waals surface area contributed by atoms with Crippen molar-refractivity contribution in [3.63, 3.8) is 0 Å². The first-order valence-electron chi connectivity index (χ1n) is 6.84. The second kappa shape index (κ2) is 8.87. The van der Waals surface area contributed by atoms with Crippen LogP contribution in [0, 0.1) is 5.92 Å². The van der Waals surface area contributed by atoms with Gasteiger partial charge in [-0.3, -0.25) is 9.69 Å². The predicted octanol–water partition coefficient (Wildman–Crippen LogP) is 0.0241. The molecule has 19 heavy (non-hydrogen) atoms. The summed E-state index contributed by atoms with van der Waals surface area (Å²) in [6.45, 7) is 8.94. The van der Waals surface area contributed by atoms with Crippen molar-refractivity contribution in [2.75, 3.05) is 46.0 Å². The van der Waals surface area contributed by atoms with Gasteiger partial charge in [-0.25, -0.2) is 4.79 Å². The zero-order valence-corrected chi connectivity index (χ0v) is 11.8. The lowest BCUT2D eigenvalue weighted by Gasteiger charge is -2.26. The summed E-state index contributed by atoms with van der Waals surface area (Å²) in [7, 11) is 0. The molecular weight excluding hydrogens is 248 g/mol. The van der Waals surface area contributed by atoms with Crippen LogP contribution in [0.15, 0.2) is 0 Å². The minimum atomic E-state index is -0.792. The quantitative estimate of drug-likeness (QED) is 0.419. The van der Waals surface area contributed by atoms with Gasteiger partial charge in [0.25, 0.3) is 0 Å². The zero-order valence-electron chi connectivity index (χ0n) is 11.8. The molecule has 1 aliphatic heterocycles. The maximum absolute atomic E-state index is 11.4. The fourth-order valence-corrected chi connectivity index (χ4v) is 1.71. The van der Waals surface area contributed by atoms with Crippen LogP contribution in [0.4, 0.5) is 0 Å². The second-order valence-corrected chi connectivity index (χ2v) is 5.06. The van der Waals surface area contributed by atoms with Crippen LogP contribution in [-0.2, 0) is 19.1 Å². The minimum Gasteiger partial charge on any atom is -0.458 e. The highest BCUT2D eigenvalue weighted by atomic mass is 16.5. The summed E-state index contributed by atoms with van der Waals surface area (Å²) in [4.78, 5) is 25.0. The highest BCUT2D eigenvalue weighted by Gasteiger charge is 2.15. The van der Waals surface area contributed by atoms with E-state index in [9.17, 15) is 9.59 Å². The van der Waals surface area contributed by atoms with E-state index < -0.39 is 11.9 Å². The van der Waals surface area contributed by atoms with Crippen LogP contribution >= 0.6 is 0 Å². The number of nitrogens with one attached hydrogen (secondary N) is 1. The number of rotatable bonds is 6. The van der Waals surface area contributed by atoms with E-state index in [1.807, 2.05) is 13.8 Å². The Hall–Kier alpha value is -1.14. The Morgan fingerprint density at radius 1 is 1.32 bits per heavy atom. The summed E-state index contributed by atoms with van der Waals surface area (Å²) in [5.41, 5.74) is 0. The van der Waals surface area contributed by atoms with E-state index in [0.29, 0.717) is 6.54 Å². The number of ether oxygens (including phenoxy) is 2. The van der Waals surface area contributed by atoms with Crippen LogP contribution in [0.3, 0.4) is 0 Å². The molecule has 6 nitrogen and oxygen atoms in total. The van der Waals surface area contributed by atoms with Crippen molar-refractivity contribution in [3.8, 4) is 0 Å². The van der Waals surface area contributed by atoms with Crippen LogP contribution in [0.2, 0.25) is 0 Å². The molecule has 1 rings (SSSR count). The Morgan fingerprint density at radius 3 is 2.63 bits per heavy atom. The van der Waals surface area contributed by atoms with Crippen molar-refractivity contribution < 1.29 is 19.1 Å². The van der Waals surface area contributed by atoms with Crippen LogP contribution in [0.25, 0.3) is 0 Å². The van der Waals surface area contributed by atoms with E-state index in [2.05, 4.69) is 10.2 Å². The van der Waals surface area contributed by atoms with Gasteiger partial charge in [0.1, 0.15) is 0 Å². The third-order valence-corrected chi connectivity index (χ3v) is 2.77. The van der Waals surface area contributed by atoms with Gasteiger partial charge in [-0.2, -0.15) is 0 Å². The van der Waals surface area contributed by atoms with Gasteiger partial charge in [0, 0.05) is 19.6 Å².